The van der Waals surface area contributed by atoms with E-state index in [9.17, 15) is 5.26 Å². The van der Waals surface area contributed by atoms with Gasteiger partial charge in [-0.05, 0) is 219 Å². The number of benzene rings is 16. The third-order valence-electron chi connectivity index (χ3n) is 25.2. The average molecular weight is 1560 g/mol. The van der Waals surface area contributed by atoms with Gasteiger partial charge in [0.05, 0.1) is 51.6 Å². The Kier molecular flexibility index (Phi) is 18.0. The van der Waals surface area contributed by atoms with Crippen molar-refractivity contribution in [1.82, 2.24) is 9.13 Å². The van der Waals surface area contributed by atoms with Crippen LogP contribution in [-0.4, -0.2) is 15.8 Å². The molecule has 0 unspecified atom stereocenters. The van der Waals surface area contributed by atoms with Gasteiger partial charge < -0.3 is 18.9 Å². The zero-order valence-corrected chi connectivity index (χ0v) is 70.7. The Morgan fingerprint density at radius 2 is 0.612 bits per heavy atom. The van der Waals surface area contributed by atoms with Gasteiger partial charge in [0.15, 0.2) is 5.69 Å². The molecular weight excluding hydrogens is 1460 g/mol. The van der Waals surface area contributed by atoms with E-state index >= 15 is 0 Å². The molecule has 0 atom stereocenters. The number of rotatable bonds is 11. The first kappa shape index (κ1) is 75.5. The van der Waals surface area contributed by atoms with Crippen molar-refractivity contribution < 1.29 is 0 Å². The Morgan fingerprint density at radius 1 is 0.281 bits per heavy atom. The van der Waals surface area contributed by atoms with Crippen LogP contribution < -0.4 is 26.2 Å². The van der Waals surface area contributed by atoms with Crippen molar-refractivity contribution in [2.75, 3.05) is 9.80 Å². The van der Waals surface area contributed by atoms with E-state index in [0.717, 1.165) is 162 Å². The largest absolute Gasteiger partial charge is 0.310 e. The summed E-state index contributed by atoms with van der Waals surface area (Å²) in [4.78, 5) is 9.48. The number of hydrogen-bond acceptors (Lipinski definition) is 3. The molecule has 18 aromatic rings. The van der Waals surface area contributed by atoms with Crippen LogP contribution >= 0.6 is 0 Å². The van der Waals surface area contributed by atoms with Gasteiger partial charge in [0, 0.05) is 77.9 Å². The van der Waals surface area contributed by atoms with Gasteiger partial charge in [0.25, 0.3) is 6.71 Å². The quantitative estimate of drug-likeness (QED) is 0.0958. The topological polar surface area (TPSA) is 44.5 Å². The van der Waals surface area contributed by atoms with E-state index in [4.69, 9.17) is 6.57 Å². The Labute approximate surface area is 711 Å². The van der Waals surface area contributed by atoms with Gasteiger partial charge in [-0.25, -0.2) is 4.85 Å². The van der Waals surface area contributed by atoms with Gasteiger partial charge in [0.1, 0.15) is 0 Å². The molecule has 4 heterocycles. The predicted octanol–water partition coefficient (Wildman–Crippen LogP) is 29.2. The summed E-state index contributed by atoms with van der Waals surface area (Å²) in [5, 5.41) is 15.5. The number of para-hydroxylation sites is 4. The zero-order valence-electron chi connectivity index (χ0n) is 70.7. The minimum absolute atomic E-state index is 0.248. The Hall–Kier alpha value is -14.2. The zero-order chi connectivity index (χ0) is 83.1. The first-order chi connectivity index (χ1) is 58.4. The fourth-order valence-electron chi connectivity index (χ4n) is 18.9. The van der Waals surface area contributed by atoms with Crippen molar-refractivity contribution in [3.05, 3.63) is 385 Å². The second-order valence-electron chi connectivity index (χ2n) is 37.1. The van der Waals surface area contributed by atoms with Crippen LogP contribution in [0.1, 0.15) is 111 Å². The normalized spacial score (nSPS) is 12.7. The van der Waals surface area contributed by atoms with Gasteiger partial charge in [-0.2, -0.15) is 5.26 Å². The molecule has 2 aromatic heterocycles. The molecule has 0 saturated carbocycles. The lowest BCUT2D eigenvalue weighted by Crippen LogP contribution is -2.61. The first-order valence-electron chi connectivity index (χ1n) is 42.3. The summed E-state index contributed by atoms with van der Waals surface area (Å²) in [5.74, 6) is 0. The second kappa shape index (κ2) is 28.8. The summed E-state index contributed by atoms with van der Waals surface area (Å²) in [6.45, 7) is 36.2. The smallest absolute Gasteiger partial charge is 0.252 e. The van der Waals surface area contributed by atoms with Gasteiger partial charge in [-0.1, -0.05) is 326 Å². The molecule has 0 aliphatic carbocycles. The van der Waals surface area contributed by atoms with Crippen LogP contribution in [0.25, 0.3) is 138 Å². The van der Waals surface area contributed by atoms with Crippen LogP contribution in [-0.2, 0) is 21.7 Å². The lowest BCUT2D eigenvalue weighted by atomic mass is 9.33. The third kappa shape index (κ3) is 13.0. The van der Waals surface area contributed by atoms with Crippen molar-refractivity contribution in [3.63, 3.8) is 0 Å². The molecule has 20 rings (SSSR count). The molecule has 0 N–H and O–H groups in total. The monoisotopic (exact) mass is 1560 g/mol. The molecule has 0 spiro atoms. The van der Waals surface area contributed by atoms with Crippen molar-refractivity contribution in [2.24, 2.45) is 0 Å². The number of hydrogen-bond donors (Lipinski definition) is 0. The molecule has 2 aliphatic heterocycles. The Balaban J connectivity index is 1.01. The maximum absolute atomic E-state index is 10.8. The second-order valence-corrected chi connectivity index (χ2v) is 37.1. The molecule has 0 amide bonds. The number of nitrogens with zero attached hydrogens (tertiary/aromatic N) is 6. The van der Waals surface area contributed by atoms with E-state index in [0.29, 0.717) is 11.3 Å². The lowest BCUT2D eigenvalue weighted by molar-refractivity contribution is 0.568. The number of fused-ring (bicyclic) bond motifs is 10. The predicted molar refractivity (Wildman–Crippen MR) is 513 cm³/mol. The van der Waals surface area contributed by atoms with E-state index in [1.54, 1.807) is 0 Å². The van der Waals surface area contributed by atoms with Crippen LogP contribution in [0.2, 0.25) is 0 Å². The first-order valence-corrected chi connectivity index (χ1v) is 42.3. The van der Waals surface area contributed by atoms with Crippen LogP contribution in [0.3, 0.4) is 0 Å². The minimum atomic E-state index is -0.379. The summed E-state index contributed by atoms with van der Waals surface area (Å²) >= 11 is 0. The number of nitriles is 1. The molecular formula is C114H93BN6. The maximum Gasteiger partial charge on any atom is 0.252 e. The molecule has 16 aromatic carbocycles. The molecule has 0 fully saturated rings. The highest BCUT2D eigenvalue weighted by molar-refractivity contribution is 7.00. The van der Waals surface area contributed by atoms with Gasteiger partial charge in [0.2, 0.25) is 0 Å². The highest BCUT2D eigenvalue weighted by atomic mass is 15.2. The van der Waals surface area contributed by atoms with Gasteiger partial charge >= 0.3 is 0 Å². The van der Waals surface area contributed by atoms with E-state index in [1.807, 2.05) is 24.3 Å². The highest BCUT2D eigenvalue weighted by Gasteiger charge is 2.47. The Morgan fingerprint density at radius 3 is 0.983 bits per heavy atom. The lowest BCUT2D eigenvalue weighted by Gasteiger charge is -2.46. The van der Waals surface area contributed by atoms with Crippen molar-refractivity contribution in [3.8, 4) is 95.3 Å². The van der Waals surface area contributed by atoms with Crippen LogP contribution in [0.15, 0.2) is 346 Å². The van der Waals surface area contributed by atoms with Gasteiger partial charge in [-0.3, -0.25) is 0 Å². The fourth-order valence-corrected chi connectivity index (χ4v) is 18.9. The summed E-state index contributed by atoms with van der Waals surface area (Å²) in [5.41, 5.74) is 35.8. The molecule has 7 heteroatoms. The van der Waals surface area contributed by atoms with E-state index in [1.165, 1.54) is 43.8 Å². The average Bonchev–Trinajstić information content (AvgIpc) is 0.820. The van der Waals surface area contributed by atoms with E-state index in [-0.39, 0.29) is 28.4 Å². The van der Waals surface area contributed by atoms with E-state index in [2.05, 4.69) is 434 Å². The molecule has 6 nitrogen and oxygen atoms in total. The third-order valence-corrected chi connectivity index (χ3v) is 25.2. The molecule has 0 saturated heterocycles. The van der Waals surface area contributed by atoms with Crippen LogP contribution in [0.4, 0.5) is 39.8 Å². The summed E-state index contributed by atoms with van der Waals surface area (Å²) < 4.78 is 4.97. The summed E-state index contributed by atoms with van der Waals surface area (Å²) in [6, 6.07) is 132. The van der Waals surface area contributed by atoms with Crippen LogP contribution in [0.5, 0.6) is 0 Å². The summed E-state index contributed by atoms with van der Waals surface area (Å²) in [6.07, 6.45) is 0. The molecule has 121 heavy (non-hydrogen) atoms. The Bertz CT molecular complexity index is 6760. The highest BCUT2D eigenvalue weighted by Crippen LogP contribution is 2.57. The fraction of sp³-hybridized carbons (Fsp3) is 0.140. The minimum Gasteiger partial charge on any atom is -0.310 e. The SMILES string of the molecule is [C-]#[N+]c1cccc(-c2cc(-c3ccccc3)c(N3c4cc(-n5c6ccccc6c6ccccc65)ccc4B4c5ccc(-n6c7ccccc7c7ccccc76)cc5N(c5c(-c6ccccc6)cc(-c6cccc(C#N)c6)cc5-c5cc(C(C)(C)C)cc(C(C)(C)C)c5)c5cc(-c6ccccc6)cc3c54)c(-c3cc(C(C)(C)C)cc(C(C)(C)C)c3)c2)c1. The number of aromatic nitrogens is 2. The molecule has 582 valence electrons. The van der Waals surface area contributed by atoms with E-state index < -0.39 is 0 Å². The summed E-state index contributed by atoms with van der Waals surface area (Å²) in [7, 11) is 0. The maximum atomic E-state index is 10.8. The standard InChI is InChI=1S/C114H93BN6/c1-111(2,3)83-56-81(57-84(67-83)112(4,5)6)96-63-78(76-40-31-33-72(55-76)71-116)61-94(74-36-19-15-20-37-74)109(96)120-104-69-88(118-100-47-27-23-43-90(100)91-44-24-28-48-101(91)118)51-53-98(104)115-99-54-52-89(119-102-49-29-25-45-92(102)93-46-26-30-50-103(93)119)70-105(99)121(107-66-80(65-106(120)108(107)115)73-34-17-14-18-35-73)110-95(75-38-21-16-22-39-75)62-79(77-41-32-42-87(60-77)117-13)64-97(110)82-58-85(113(7,8)9)68-86(59-82)114(10,11)12/h14-70H,1-12H3. The molecule has 2 aliphatic rings. The molecule has 0 radical (unpaired) electrons. The van der Waals surface area contributed by atoms with Crippen LogP contribution in [0, 0.1) is 17.9 Å². The van der Waals surface area contributed by atoms with Crippen molar-refractivity contribution >= 4 is 107 Å². The van der Waals surface area contributed by atoms with Crippen molar-refractivity contribution in [2.45, 2.75) is 105 Å². The number of anilines is 6. The van der Waals surface area contributed by atoms with Gasteiger partial charge in [-0.15, -0.1) is 0 Å². The molecule has 0 bridgehead atoms. The van der Waals surface area contributed by atoms with Crippen molar-refractivity contribution in [1.29, 1.82) is 5.26 Å².